The lowest BCUT2D eigenvalue weighted by Crippen LogP contribution is -2.19. The van der Waals surface area contributed by atoms with Gasteiger partial charge in [-0.1, -0.05) is 57.2 Å². The zero-order valence-corrected chi connectivity index (χ0v) is 15.6. The van der Waals surface area contributed by atoms with Gasteiger partial charge in [-0.15, -0.1) is 0 Å². The summed E-state index contributed by atoms with van der Waals surface area (Å²) in [6.45, 7) is 10.1. The van der Waals surface area contributed by atoms with Crippen molar-refractivity contribution in [2.24, 2.45) is 5.10 Å². The number of nitrogens with zero attached hydrogens (tertiary/aromatic N) is 1. The summed E-state index contributed by atoms with van der Waals surface area (Å²) >= 11 is 0. The van der Waals surface area contributed by atoms with Crippen LogP contribution >= 0.6 is 0 Å². The van der Waals surface area contributed by atoms with E-state index in [1.165, 1.54) is 11.8 Å². The average molecular weight is 344 g/mol. The molecule has 0 saturated carbocycles. The van der Waals surface area contributed by atoms with Crippen LogP contribution in [0.3, 0.4) is 0 Å². The molecule has 0 heterocycles. The number of hydrogen-bond donors (Lipinski definition) is 1. The minimum absolute atomic E-state index is 0.0833. The second kappa shape index (κ2) is 6.77. The van der Waals surface area contributed by atoms with Crippen LogP contribution in [0.2, 0.25) is 0 Å². The first-order valence-electron chi connectivity index (χ1n) is 7.82. The Balaban J connectivity index is 2.14. The second-order valence-corrected chi connectivity index (χ2v) is 8.62. The van der Waals surface area contributed by atoms with Crippen molar-refractivity contribution in [3.05, 3.63) is 64.7 Å². The third kappa shape index (κ3) is 4.45. The number of rotatable bonds is 4. The summed E-state index contributed by atoms with van der Waals surface area (Å²) in [5.41, 5.74) is 3.72. The Kier molecular flexibility index (Phi) is 5.13. The van der Waals surface area contributed by atoms with Crippen LogP contribution in [0.5, 0.6) is 0 Å². The molecule has 24 heavy (non-hydrogen) atoms. The van der Waals surface area contributed by atoms with Crippen LogP contribution in [0.1, 0.15) is 43.0 Å². The number of aryl methyl sites for hydroxylation is 2. The Labute approximate surface area is 144 Å². The number of hydrazone groups is 1. The van der Waals surface area contributed by atoms with Crippen molar-refractivity contribution in [3.8, 4) is 0 Å². The molecule has 0 atom stereocenters. The molecule has 0 aromatic heterocycles. The van der Waals surface area contributed by atoms with Crippen molar-refractivity contribution < 1.29 is 8.42 Å². The van der Waals surface area contributed by atoms with E-state index < -0.39 is 10.0 Å². The minimum Gasteiger partial charge on any atom is -0.200 e. The van der Waals surface area contributed by atoms with Gasteiger partial charge in [-0.3, -0.25) is 0 Å². The number of hydrogen-bond acceptors (Lipinski definition) is 3. The fourth-order valence-electron chi connectivity index (χ4n) is 2.29. The van der Waals surface area contributed by atoms with Gasteiger partial charge in [0.25, 0.3) is 10.0 Å². The van der Waals surface area contributed by atoms with Crippen molar-refractivity contribution in [2.45, 2.75) is 44.9 Å². The Morgan fingerprint density at radius 3 is 2.21 bits per heavy atom. The van der Waals surface area contributed by atoms with Crippen LogP contribution in [0.25, 0.3) is 0 Å². The lowest BCUT2D eigenvalue weighted by molar-refractivity contribution is 0.584. The van der Waals surface area contributed by atoms with Crippen molar-refractivity contribution >= 4 is 16.2 Å². The van der Waals surface area contributed by atoms with Gasteiger partial charge in [0.15, 0.2) is 0 Å². The highest BCUT2D eigenvalue weighted by atomic mass is 32.2. The second-order valence-electron chi connectivity index (χ2n) is 6.99. The highest BCUT2D eigenvalue weighted by Crippen LogP contribution is 2.21. The van der Waals surface area contributed by atoms with Gasteiger partial charge in [-0.2, -0.15) is 13.5 Å². The Bertz CT molecular complexity index is 846. The van der Waals surface area contributed by atoms with Gasteiger partial charge in [0, 0.05) is 0 Å². The number of benzene rings is 2. The van der Waals surface area contributed by atoms with Crippen molar-refractivity contribution in [1.82, 2.24) is 4.83 Å². The average Bonchev–Trinajstić information content (AvgIpc) is 2.49. The predicted molar refractivity (Wildman–Crippen MR) is 99.0 cm³/mol. The van der Waals surface area contributed by atoms with Crippen LogP contribution in [-0.2, 0) is 15.4 Å². The van der Waals surface area contributed by atoms with Gasteiger partial charge >= 0.3 is 0 Å². The van der Waals surface area contributed by atoms with Crippen LogP contribution in [0.15, 0.2) is 52.5 Å². The monoisotopic (exact) mass is 344 g/mol. The molecular weight excluding hydrogens is 320 g/mol. The lowest BCUT2D eigenvalue weighted by atomic mass is 9.87. The van der Waals surface area contributed by atoms with E-state index in [4.69, 9.17) is 0 Å². The molecule has 5 heteroatoms. The summed E-state index contributed by atoms with van der Waals surface area (Å²) < 4.78 is 24.7. The van der Waals surface area contributed by atoms with Gasteiger partial charge < -0.3 is 0 Å². The summed E-state index contributed by atoms with van der Waals surface area (Å²) in [5, 5.41) is 3.89. The minimum atomic E-state index is -3.66. The van der Waals surface area contributed by atoms with Gasteiger partial charge in [-0.25, -0.2) is 4.83 Å². The summed E-state index contributed by atoms with van der Waals surface area (Å²) in [5.74, 6) is 0. The molecule has 4 nitrogen and oxygen atoms in total. The van der Waals surface area contributed by atoms with E-state index >= 15 is 0 Å². The maximum atomic E-state index is 12.4. The first-order chi connectivity index (χ1) is 11.1. The van der Waals surface area contributed by atoms with E-state index in [2.05, 4.69) is 30.7 Å². The smallest absolute Gasteiger partial charge is 0.200 e. The molecule has 2 aromatic rings. The normalized spacial score (nSPS) is 12.5. The Morgan fingerprint density at radius 2 is 1.62 bits per heavy atom. The third-order valence-electron chi connectivity index (χ3n) is 3.80. The predicted octanol–water partition coefficient (Wildman–Crippen LogP) is 3.91. The van der Waals surface area contributed by atoms with E-state index in [-0.39, 0.29) is 10.3 Å². The van der Waals surface area contributed by atoms with Gasteiger partial charge in [0.2, 0.25) is 0 Å². The topological polar surface area (TPSA) is 58.5 Å². The zero-order valence-electron chi connectivity index (χ0n) is 14.8. The quantitative estimate of drug-likeness (QED) is 0.675. The van der Waals surface area contributed by atoms with E-state index in [1.807, 2.05) is 37.3 Å². The van der Waals surface area contributed by atoms with Gasteiger partial charge in [-0.05, 0) is 47.6 Å². The summed E-state index contributed by atoms with van der Waals surface area (Å²) in [6, 6.07) is 13.2. The molecule has 0 aliphatic rings. The van der Waals surface area contributed by atoms with Gasteiger partial charge in [0.05, 0.1) is 11.1 Å². The molecule has 0 saturated heterocycles. The largest absolute Gasteiger partial charge is 0.276 e. The van der Waals surface area contributed by atoms with E-state index in [9.17, 15) is 8.42 Å². The molecule has 0 aliphatic carbocycles. The maximum Gasteiger partial charge on any atom is 0.276 e. The fourth-order valence-corrected chi connectivity index (χ4v) is 3.41. The number of sulfonamides is 1. The standard InChI is InChI=1S/C19H24N2O2S/c1-14-6-7-15(2)18(12-14)24(22,23)21-20-13-16-8-10-17(11-9-16)19(3,4)5/h6-13,21H,1-5H3. The van der Waals surface area contributed by atoms with Crippen LogP contribution < -0.4 is 4.83 Å². The molecule has 0 radical (unpaired) electrons. The van der Waals surface area contributed by atoms with Crippen LogP contribution in [0.4, 0.5) is 0 Å². The Morgan fingerprint density at radius 1 is 1.00 bits per heavy atom. The summed E-state index contributed by atoms with van der Waals surface area (Å²) in [4.78, 5) is 2.53. The molecule has 0 spiro atoms. The molecule has 0 aliphatic heterocycles. The SMILES string of the molecule is Cc1ccc(C)c(S(=O)(=O)NN=Cc2ccc(C(C)(C)C)cc2)c1. The van der Waals surface area contributed by atoms with Crippen molar-refractivity contribution in [3.63, 3.8) is 0 Å². The molecule has 0 bridgehead atoms. The molecule has 2 rings (SSSR count). The summed E-state index contributed by atoms with van der Waals surface area (Å²) in [6.07, 6.45) is 1.51. The first kappa shape index (κ1) is 18.2. The molecule has 0 unspecified atom stereocenters. The van der Waals surface area contributed by atoms with Crippen LogP contribution in [-0.4, -0.2) is 14.6 Å². The van der Waals surface area contributed by atoms with E-state index in [0.717, 1.165) is 11.1 Å². The van der Waals surface area contributed by atoms with Crippen LogP contribution in [0, 0.1) is 13.8 Å². The third-order valence-corrected chi connectivity index (χ3v) is 5.16. The molecule has 0 amide bonds. The molecular formula is C19H24N2O2S. The number of nitrogens with one attached hydrogen (secondary N) is 1. The zero-order chi connectivity index (χ0) is 18.0. The highest BCUT2D eigenvalue weighted by molar-refractivity contribution is 7.89. The van der Waals surface area contributed by atoms with Gasteiger partial charge in [0.1, 0.15) is 0 Å². The molecule has 2 aromatic carbocycles. The lowest BCUT2D eigenvalue weighted by Gasteiger charge is -2.18. The van der Waals surface area contributed by atoms with Crippen molar-refractivity contribution in [2.75, 3.05) is 0 Å². The first-order valence-corrected chi connectivity index (χ1v) is 9.30. The highest BCUT2D eigenvalue weighted by Gasteiger charge is 2.16. The molecule has 1 N–H and O–H groups in total. The maximum absolute atomic E-state index is 12.4. The molecule has 0 fully saturated rings. The summed E-state index contributed by atoms with van der Waals surface area (Å²) in [7, 11) is -3.66. The molecule has 128 valence electrons. The fraction of sp³-hybridized carbons (Fsp3) is 0.316. The van der Waals surface area contributed by atoms with E-state index in [0.29, 0.717) is 5.56 Å². The van der Waals surface area contributed by atoms with Crippen molar-refractivity contribution in [1.29, 1.82) is 0 Å². The van der Waals surface area contributed by atoms with E-state index in [1.54, 1.807) is 19.1 Å². The Hall–Kier alpha value is -2.14.